The maximum Gasteiger partial charge on any atom is 0.210 e. The molecule has 6 rings (SSSR count). The van der Waals surface area contributed by atoms with Crippen LogP contribution in [0.25, 0.3) is 22.3 Å². The van der Waals surface area contributed by atoms with E-state index in [1.165, 1.54) is 56.2 Å². The maximum absolute atomic E-state index is 2.48. The first-order chi connectivity index (χ1) is 20.8. The zero-order chi connectivity index (χ0) is 30.2. The SMILES string of the molecule is CCN1C(=CC=CC=CC2=[N+](CC)c3cc(-c4ccccc4)ccc3C2(C)C)C(C)(C)c2ccc(-c3ccccc3)cc21. The standard InChI is InChI=1S/C41H43N2/c1-7-42-36-28-32(30-18-12-9-13-19-30)24-26-34(36)40(3,4)38(42)22-16-11-17-23-39-41(5,6)35-27-25-33(29-37(35)43(39)8-2)31-20-14-10-15-21-31/h9-29H,7-8H2,1-6H3/q+1. The summed E-state index contributed by atoms with van der Waals surface area (Å²) in [4.78, 5) is 2.48. The lowest BCUT2D eigenvalue weighted by Crippen LogP contribution is -2.27. The number of rotatable bonds is 7. The quantitative estimate of drug-likeness (QED) is 0.160. The van der Waals surface area contributed by atoms with Gasteiger partial charge in [-0.2, -0.15) is 4.58 Å². The van der Waals surface area contributed by atoms with Gasteiger partial charge in [-0.25, -0.2) is 0 Å². The topological polar surface area (TPSA) is 6.25 Å². The van der Waals surface area contributed by atoms with E-state index in [4.69, 9.17) is 0 Å². The van der Waals surface area contributed by atoms with Crippen LogP contribution in [0.1, 0.15) is 52.7 Å². The molecule has 0 amide bonds. The molecular weight excluding hydrogens is 520 g/mol. The molecule has 0 atom stereocenters. The summed E-state index contributed by atoms with van der Waals surface area (Å²) in [5, 5.41) is 0. The maximum atomic E-state index is 2.48. The lowest BCUT2D eigenvalue weighted by Gasteiger charge is -2.25. The number of fused-ring (bicyclic) bond motifs is 2. The minimum Gasteiger partial charge on any atom is -0.344 e. The first-order valence-electron chi connectivity index (χ1n) is 15.6. The number of allylic oxidation sites excluding steroid dienone is 6. The Kier molecular flexibility index (Phi) is 7.56. The van der Waals surface area contributed by atoms with E-state index in [9.17, 15) is 0 Å². The van der Waals surface area contributed by atoms with Gasteiger partial charge in [-0.15, -0.1) is 0 Å². The van der Waals surface area contributed by atoms with Crippen molar-refractivity contribution in [2.24, 2.45) is 0 Å². The van der Waals surface area contributed by atoms with Crippen LogP contribution in [0.3, 0.4) is 0 Å². The lowest BCUT2D eigenvalue weighted by molar-refractivity contribution is -0.433. The Morgan fingerprint density at radius 2 is 1.23 bits per heavy atom. The van der Waals surface area contributed by atoms with Gasteiger partial charge in [-0.05, 0) is 67.7 Å². The van der Waals surface area contributed by atoms with E-state index in [-0.39, 0.29) is 10.8 Å². The normalized spacial score (nSPS) is 17.8. The fraction of sp³-hybridized carbons (Fsp3) is 0.244. The average Bonchev–Trinajstić information content (AvgIpc) is 3.38. The molecule has 0 saturated heterocycles. The summed E-state index contributed by atoms with van der Waals surface area (Å²) in [6, 6.07) is 35.3. The van der Waals surface area contributed by atoms with Crippen molar-refractivity contribution in [1.82, 2.24) is 0 Å². The monoisotopic (exact) mass is 563 g/mol. The molecule has 0 spiro atoms. The molecule has 0 bridgehead atoms. The van der Waals surface area contributed by atoms with Crippen molar-refractivity contribution >= 4 is 17.1 Å². The summed E-state index contributed by atoms with van der Waals surface area (Å²) in [6.07, 6.45) is 11.2. The van der Waals surface area contributed by atoms with Gasteiger partial charge in [-0.1, -0.05) is 117 Å². The molecule has 2 aliphatic rings. The first-order valence-corrected chi connectivity index (χ1v) is 15.6. The third kappa shape index (κ3) is 4.99. The van der Waals surface area contributed by atoms with Crippen LogP contribution >= 0.6 is 0 Å². The van der Waals surface area contributed by atoms with Crippen molar-refractivity contribution in [3.05, 3.63) is 144 Å². The zero-order valence-corrected chi connectivity index (χ0v) is 26.4. The van der Waals surface area contributed by atoms with Gasteiger partial charge in [0, 0.05) is 41.1 Å². The highest BCUT2D eigenvalue weighted by molar-refractivity contribution is 6.03. The van der Waals surface area contributed by atoms with Crippen LogP contribution in [0.15, 0.2) is 133 Å². The predicted octanol–water partition coefficient (Wildman–Crippen LogP) is 10.2. The second-order valence-electron chi connectivity index (χ2n) is 12.6. The Balaban J connectivity index is 1.28. The number of anilines is 1. The van der Waals surface area contributed by atoms with Crippen molar-refractivity contribution in [3.63, 3.8) is 0 Å². The number of benzene rings is 4. The number of nitrogens with zero attached hydrogens (tertiary/aromatic N) is 2. The van der Waals surface area contributed by atoms with Gasteiger partial charge < -0.3 is 4.90 Å². The van der Waals surface area contributed by atoms with Gasteiger partial charge in [-0.3, -0.25) is 0 Å². The van der Waals surface area contributed by atoms with Crippen molar-refractivity contribution in [2.75, 3.05) is 18.0 Å². The van der Waals surface area contributed by atoms with E-state index in [2.05, 4.69) is 178 Å². The summed E-state index contributed by atoms with van der Waals surface area (Å²) in [5.41, 5.74) is 13.0. The second kappa shape index (κ2) is 11.3. The third-order valence-electron chi connectivity index (χ3n) is 9.36. The zero-order valence-electron chi connectivity index (χ0n) is 26.4. The van der Waals surface area contributed by atoms with E-state index in [0.717, 1.165) is 13.1 Å². The van der Waals surface area contributed by atoms with Crippen LogP contribution in [-0.2, 0) is 10.8 Å². The molecule has 0 fully saturated rings. The molecule has 43 heavy (non-hydrogen) atoms. The molecule has 0 saturated carbocycles. The highest BCUT2D eigenvalue weighted by Crippen LogP contribution is 2.49. The van der Waals surface area contributed by atoms with Crippen molar-refractivity contribution in [2.45, 2.75) is 52.4 Å². The molecule has 0 N–H and O–H groups in total. The second-order valence-corrected chi connectivity index (χ2v) is 12.6. The van der Waals surface area contributed by atoms with E-state index >= 15 is 0 Å². The molecule has 4 aromatic carbocycles. The van der Waals surface area contributed by atoms with Crippen molar-refractivity contribution in [3.8, 4) is 22.3 Å². The smallest absolute Gasteiger partial charge is 0.210 e. The van der Waals surface area contributed by atoms with Crippen LogP contribution in [0, 0.1) is 0 Å². The Bertz CT molecular complexity index is 1770. The Hall–Kier alpha value is -4.43. The van der Waals surface area contributed by atoms with Crippen LogP contribution in [0.4, 0.5) is 11.4 Å². The van der Waals surface area contributed by atoms with Gasteiger partial charge in [0.25, 0.3) is 0 Å². The molecule has 0 aliphatic carbocycles. The largest absolute Gasteiger partial charge is 0.344 e. The van der Waals surface area contributed by atoms with E-state index in [0.29, 0.717) is 0 Å². The van der Waals surface area contributed by atoms with Crippen LogP contribution < -0.4 is 4.90 Å². The van der Waals surface area contributed by atoms with Crippen LogP contribution in [0.2, 0.25) is 0 Å². The Labute approximate surface area is 258 Å². The molecule has 0 aromatic heterocycles. The van der Waals surface area contributed by atoms with Crippen LogP contribution in [0.5, 0.6) is 0 Å². The Morgan fingerprint density at radius 3 is 1.84 bits per heavy atom. The van der Waals surface area contributed by atoms with Gasteiger partial charge in [0.15, 0.2) is 5.71 Å². The summed E-state index contributed by atoms with van der Waals surface area (Å²) in [6.45, 7) is 15.7. The number of likely N-dealkylation sites (N-methyl/N-ethyl adjacent to an activating group) is 1. The number of hydrogen-bond acceptors (Lipinski definition) is 1. The summed E-state index contributed by atoms with van der Waals surface area (Å²) >= 11 is 0. The van der Waals surface area contributed by atoms with Gasteiger partial charge in [0.05, 0.1) is 5.41 Å². The van der Waals surface area contributed by atoms with Gasteiger partial charge in [0.1, 0.15) is 6.54 Å². The fourth-order valence-corrected chi connectivity index (χ4v) is 7.03. The van der Waals surface area contributed by atoms with E-state index in [1.54, 1.807) is 0 Å². The molecular formula is C41H43N2+. The minimum absolute atomic E-state index is 0.0616. The van der Waals surface area contributed by atoms with Crippen molar-refractivity contribution < 1.29 is 4.58 Å². The van der Waals surface area contributed by atoms with E-state index < -0.39 is 0 Å². The third-order valence-corrected chi connectivity index (χ3v) is 9.36. The molecule has 2 nitrogen and oxygen atoms in total. The number of hydrogen-bond donors (Lipinski definition) is 0. The van der Waals surface area contributed by atoms with E-state index in [1.807, 2.05) is 0 Å². The molecule has 2 heterocycles. The summed E-state index contributed by atoms with van der Waals surface area (Å²) < 4.78 is 2.48. The summed E-state index contributed by atoms with van der Waals surface area (Å²) in [7, 11) is 0. The highest BCUT2D eigenvalue weighted by Gasteiger charge is 2.44. The van der Waals surface area contributed by atoms with Gasteiger partial charge >= 0.3 is 0 Å². The molecule has 0 unspecified atom stereocenters. The molecule has 0 radical (unpaired) electrons. The predicted molar refractivity (Wildman–Crippen MR) is 185 cm³/mol. The Morgan fingerprint density at radius 1 is 0.628 bits per heavy atom. The minimum atomic E-state index is -0.0616. The molecule has 2 aliphatic heterocycles. The average molecular weight is 564 g/mol. The lowest BCUT2D eigenvalue weighted by atomic mass is 9.81. The highest BCUT2D eigenvalue weighted by atomic mass is 15.2. The summed E-state index contributed by atoms with van der Waals surface area (Å²) in [5.74, 6) is 0. The molecule has 216 valence electrons. The van der Waals surface area contributed by atoms with Crippen LogP contribution in [-0.4, -0.2) is 23.4 Å². The van der Waals surface area contributed by atoms with Crippen molar-refractivity contribution in [1.29, 1.82) is 0 Å². The fourth-order valence-electron chi connectivity index (χ4n) is 7.03. The van der Waals surface area contributed by atoms with Gasteiger partial charge in [0.2, 0.25) is 5.69 Å². The first kappa shape index (κ1) is 28.7. The molecule has 4 aromatic rings. The molecule has 2 heteroatoms.